The Morgan fingerprint density at radius 3 is 0.738 bits per heavy atom. The summed E-state index contributed by atoms with van der Waals surface area (Å²) in [4.78, 5) is 0.643. The monoisotopic (exact) mass is 1160 g/mol. The van der Waals surface area contributed by atoms with Gasteiger partial charge in [-0.1, -0.05) is 0 Å². The summed E-state index contributed by atoms with van der Waals surface area (Å²) in [6.45, 7) is 0.935. The average molecular weight is 1160 g/mol. The maximum Gasteiger partial charge on any atom is 0.206 e. The van der Waals surface area contributed by atoms with Crippen molar-refractivity contribution < 1.29 is 72.3 Å². The maximum absolute atomic E-state index is 13.3. The van der Waals surface area contributed by atoms with Crippen molar-refractivity contribution >= 4 is 39.3 Å². The third-order valence-electron chi connectivity index (χ3n) is 11.7. The van der Waals surface area contributed by atoms with Gasteiger partial charge in [0.1, 0.15) is 59.2 Å². The molecule has 16 nitrogen and oxygen atoms in total. The Morgan fingerprint density at radius 1 is 0.275 bits per heavy atom. The lowest BCUT2D eigenvalue weighted by atomic mass is 10.3. The van der Waals surface area contributed by atoms with Crippen LogP contribution in [0.3, 0.4) is 0 Å². The van der Waals surface area contributed by atoms with E-state index < -0.39 is 39.3 Å². The molecule has 2 N–H and O–H groups in total. The molecule has 0 heterocycles. The first-order valence-corrected chi connectivity index (χ1v) is 30.4. The number of ether oxygens (including phenoxy) is 6. The van der Waals surface area contributed by atoms with E-state index in [1.54, 1.807) is 97.1 Å². The highest BCUT2D eigenvalue weighted by atomic mass is 32.2. The van der Waals surface area contributed by atoms with Gasteiger partial charge in [0.2, 0.25) is 39.3 Å². The standard InChI is InChI=1S/C60H52O16S4/c61-45-7-23-53(24-8-45)77(63,64)55-27-11-47(12-28-55)71-39-1-3-41-73-49-15-31-57(32-16-49)79(67,68)59-35-19-51(20-36-59)75-43-5-6-44-76-52-21-37-60(38-22-52)80(69,70)58-33-17-50(18-34-58)74-42-4-2-40-72-48-13-29-56(30-14-48)78(65,66)54-25-9-46(62)10-26-54/h3-38,41-42,61-62H,1-2,39-40,43-44H2/b6-5-,41-3+,42-4+. The van der Waals surface area contributed by atoms with Gasteiger partial charge in [0.05, 0.1) is 64.9 Å². The van der Waals surface area contributed by atoms with Crippen LogP contribution in [0, 0.1) is 0 Å². The van der Waals surface area contributed by atoms with E-state index in [1.807, 2.05) is 0 Å². The van der Waals surface area contributed by atoms with Crippen molar-refractivity contribution in [2.45, 2.75) is 52.0 Å². The molecule has 20 heteroatoms. The zero-order chi connectivity index (χ0) is 56.6. The van der Waals surface area contributed by atoms with Gasteiger partial charge in [-0.15, -0.1) is 0 Å². The number of benzene rings is 8. The molecule has 0 aliphatic heterocycles. The normalized spacial score (nSPS) is 12.2. The minimum absolute atomic E-state index is 0.0285. The minimum atomic E-state index is -3.84. The van der Waals surface area contributed by atoms with Crippen LogP contribution in [0.4, 0.5) is 0 Å². The fraction of sp³-hybridized carbons (Fsp3) is 0.100. The summed E-state index contributed by atoms with van der Waals surface area (Å²) in [5.74, 6) is 2.66. The first-order valence-electron chi connectivity index (χ1n) is 24.5. The lowest BCUT2D eigenvalue weighted by Gasteiger charge is -2.08. The molecule has 0 spiro atoms. The molecule has 8 rings (SSSR count). The van der Waals surface area contributed by atoms with Crippen LogP contribution in [0.15, 0.2) is 270 Å². The Kier molecular flexibility index (Phi) is 18.8. The highest BCUT2D eigenvalue weighted by Crippen LogP contribution is 2.29. The highest BCUT2D eigenvalue weighted by molar-refractivity contribution is 7.92. The molecule has 0 atom stereocenters. The quantitative estimate of drug-likeness (QED) is 0.0291. The second-order valence-corrected chi connectivity index (χ2v) is 25.0. The lowest BCUT2D eigenvalue weighted by Crippen LogP contribution is -2.03. The fourth-order valence-electron chi connectivity index (χ4n) is 7.35. The van der Waals surface area contributed by atoms with Crippen molar-refractivity contribution in [2.24, 2.45) is 0 Å². The Morgan fingerprint density at radius 2 is 0.487 bits per heavy atom. The molecule has 8 aromatic rings. The number of rotatable bonds is 26. The summed E-state index contributed by atoms with van der Waals surface area (Å²) < 4.78 is 139. The third-order valence-corrected chi connectivity index (χ3v) is 18.8. The summed E-state index contributed by atoms with van der Waals surface area (Å²) in [6, 6.07) is 46.7. The highest BCUT2D eigenvalue weighted by Gasteiger charge is 2.21. The van der Waals surface area contributed by atoms with Crippen molar-refractivity contribution in [2.75, 3.05) is 26.4 Å². The lowest BCUT2D eigenvalue weighted by molar-refractivity contribution is 0.323. The molecule has 0 bridgehead atoms. The third kappa shape index (κ3) is 15.0. The molecule has 8 aromatic carbocycles. The van der Waals surface area contributed by atoms with Gasteiger partial charge in [-0.05, 0) is 218 Å². The van der Waals surface area contributed by atoms with Crippen LogP contribution in [0.5, 0.6) is 46.0 Å². The molecule has 0 amide bonds. The van der Waals surface area contributed by atoms with E-state index in [4.69, 9.17) is 28.4 Å². The van der Waals surface area contributed by atoms with Gasteiger partial charge in [0, 0.05) is 12.8 Å². The number of hydrogen-bond donors (Lipinski definition) is 2. The zero-order valence-electron chi connectivity index (χ0n) is 42.4. The predicted molar refractivity (Wildman–Crippen MR) is 297 cm³/mol. The van der Waals surface area contributed by atoms with E-state index in [0.717, 1.165) is 0 Å². The molecule has 0 fully saturated rings. The molecule has 0 aliphatic rings. The summed E-state index contributed by atoms with van der Waals surface area (Å²) in [5, 5.41) is 18.9. The van der Waals surface area contributed by atoms with Gasteiger partial charge in [-0.2, -0.15) is 0 Å². The van der Waals surface area contributed by atoms with Gasteiger partial charge < -0.3 is 38.6 Å². The van der Waals surface area contributed by atoms with Crippen molar-refractivity contribution in [3.8, 4) is 46.0 Å². The van der Waals surface area contributed by atoms with Crippen molar-refractivity contribution in [3.05, 3.63) is 231 Å². The predicted octanol–water partition coefficient (Wildman–Crippen LogP) is 11.2. The van der Waals surface area contributed by atoms with Crippen LogP contribution in [0.25, 0.3) is 0 Å². The number of phenols is 2. The fourth-order valence-corrected chi connectivity index (χ4v) is 12.4. The first-order chi connectivity index (χ1) is 38.5. The van der Waals surface area contributed by atoms with Crippen molar-refractivity contribution in [3.63, 3.8) is 0 Å². The first kappa shape index (κ1) is 57.4. The van der Waals surface area contributed by atoms with Gasteiger partial charge in [-0.25, -0.2) is 33.7 Å². The maximum atomic E-state index is 13.3. The van der Waals surface area contributed by atoms with E-state index in [2.05, 4.69) is 0 Å². The van der Waals surface area contributed by atoms with Gasteiger partial charge in [-0.3, -0.25) is 0 Å². The van der Waals surface area contributed by atoms with Crippen LogP contribution in [0.2, 0.25) is 0 Å². The molecule has 0 saturated heterocycles. The summed E-state index contributed by atoms with van der Waals surface area (Å²) in [7, 11) is -15.2. The van der Waals surface area contributed by atoms with E-state index in [-0.39, 0.29) is 63.9 Å². The SMILES string of the molecule is O=S(=O)(c1ccc(O/C=C/CCOc2ccc(S(=O)(=O)c3ccc(O)cc3)cc2)cc1)c1ccc(OC/C=C\COc2ccc(S(=O)(=O)c3ccc(O/C=C/CCOc4ccc(S(=O)(=O)c5ccc(O)cc5)cc4)cc3)cc2)cc1. The van der Waals surface area contributed by atoms with E-state index in [9.17, 15) is 43.9 Å². The molecule has 0 radical (unpaired) electrons. The number of aromatic hydroxyl groups is 2. The van der Waals surface area contributed by atoms with Gasteiger partial charge >= 0.3 is 0 Å². The second-order valence-electron chi connectivity index (χ2n) is 17.2. The molecular weight excluding hydrogens is 1100 g/mol. The van der Waals surface area contributed by atoms with Crippen LogP contribution in [0.1, 0.15) is 12.8 Å². The van der Waals surface area contributed by atoms with Crippen LogP contribution in [-0.2, 0) is 39.3 Å². The summed E-state index contributed by atoms with van der Waals surface area (Å²) in [6.07, 6.45) is 10.8. The molecule has 80 heavy (non-hydrogen) atoms. The van der Waals surface area contributed by atoms with Crippen molar-refractivity contribution in [1.82, 2.24) is 0 Å². The largest absolute Gasteiger partial charge is 0.508 e. The van der Waals surface area contributed by atoms with Gasteiger partial charge in [0.15, 0.2) is 0 Å². The Bertz CT molecular complexity index is 3630. The van der Waals surface area contributed by atoms with E-state index >= 15 is 0 Å². The minimum Gasteiger partial charge on any atom is -0.508 e. The smallest absolute Gasteiger partial charge is 0.206 e. The van der Waals surface area contributed by atoms with E-state index in [1.165, 1.54) is 134 Å². The summed E-state index contributed by atoms with van der Waals surface area (Å²) in [5.41, 5.74) is 0. The topological polar surface area (TPSA) is 232 Å². The molecular formula is C60H52O16S4. The zero-order valence-corrected chi connectivity index (χ0v) is 45.7. The average Bonchev–Trinajstić information content (AvgIpc) is 3.47. The van der Waals surface area contributed by atoms with Crippen LogP contribution >= 0.6 is 0 Å². The van der Waals surface area contributed by atoms with Crippen LogP contribution < -0.4 is 28.4 Å². The van der Waals surface area contributed by atoms with Gasteiger partial charge in [0.25, 0.3) is 0 Å². The van der Waals surface area contributed by atoms with Crippen LogP contribution in [-0.4, -0.2) is 70.3 Å². The number of hydrogen-bond acceptors (Lipinski definition) is 16. The molecule has 0 unspecified atom stereocenters. The Hall–Kier alpha value is -8.82. The van der Waals surface area contributed by atoms with Crippen molar-refractivity contribution in [1.29, 1.82) is 0 Å². The molecule has 0 aliphatic carbocycles. The number of phenolic OH excluding ortho intramolecular Hbond substituents is 2. The summed E-state index contributed by atoms with van der Waals surface area (Å²) >= 11 is 0. The Labute approximate surface area is 464 Å². The second kappa shape index (κ2) is 26.2. The Balaban J connectivity index is 0.697. The number of sulfone groups is 4. The molecule has 412 valence electrons. The van der Waals surface area contributed by atoms with E-state index in [0.29, 0.717) is 60.6 Å². The molecule has 0 saturated carbocycles. The molecule has 0 aromatic heterocycles.